The van der Waals surface area contributed by atoms with Crippen LogP contribution in [0.3, 0.4) is 0 Å². The van der Waals surface area contributed by atoms with Crippen molar-refractivity contribution < 1.29 is 9.85 Å². The fourth-order valence-corrected chi connectivity index (χ4v) is 2.72. The number of rotatable bonds is 3. The molecule has 7 nitrogen and oxygen atoms in total. The minimum Gasteiger partial charge on any atom is -0.351 e. The average molecular weight is 295 g/mol. The zero-order valence-electron chi connectivity index (χ0n) is 13.2. The van der Waals surface area contributed by atoms with Crippen molar-refractivity contribution in [2.24, 2.45) is 0 Å². The van der Waals surface area contributed by atoms with E-state index >= 15 is 0 Å². The van der Waals surface area contributed by atoms with Gasteiger partial charge in [0, 0.05) is 23.2 Å². The number of nitro benzene ring substituents is 2. The molecule has 0 saturated carbocycles. The van der Waals surface area contributed by atoms with E-state index in [1.54, 1.807) is 4.90 Å². The van der Waals surface area contributed by atoms with Crippen LogP contribution in [0.25, 0.3) is 0 Å². The first-order valence-corrected chi connectivity index (χ1v) is 6.59. The number of hydrogen-bond donors (Lipinski definition) is 0. The Morgan fingerprint density at radius 2 is 1.19 bits per heavy atom. The molecule has 1 rings (SSSR count). The van der Waals surface area contributed by atoms with E-state index in [1.807, 2.05) is 41.5 Å². The van der Waals surface area contributed by atoms with Crippen LogP contribution in [0.4, 0.5) is 17.1 Å². The molecule has 0 N–H and O–H groups in total. The molecule has 0 aromatic heterocycles. The quantitative estimate of drug-likeness (QED) is 0.623. The van der Waals surface area contributed by atoms with Gasteiger partial charge in [0.2, 0.25) is 0 Å². The summed E-state index contributed by atoms with van der Waals surface area (Å²) in [7, 11) is 0. The van der Waals surface area contributed by atoms with Crippen molar-refractivity contribution in [3.63, 3.8) is 0 Å². The first-order valence-electron chi connectivity index (χ1n) is 6.59. The van der Waals surface area contributed by atoms with Crippen molar-refractivity contribution in [1.29, 1.82) is 0 Å². The minimum absolute atomic E-state index is 0.0486. The molecule has 0 aliphatic heterocycles. The third kappa shape index (κ3) is 3.48. The zero-order chi connectivity index (χ0) is 16.6. The summed E-state index contributed by atoms with van der Waals surface area (Å²) < 4.78 is 0. The van der Waals surface area contributed by atoms with E-state index < -0.39 is 20.9 Å². The van der Waals surface area contributed by atoms with Crippen molar-refractivity contribution in [2.75, 3.05) is 4.90 Å². The van der Waals surface area contributed by atoms with Crippen molar-refractivity contribution in [3.05, 3.63) is 38.4 Å². The molecule has 0 bridgehead atoms. The third-order valence-electron chi connectivity index (χ3n) is 2.95. The van der Waals surface area contributed by atoms with Gasteiger partial charge in [-0.25, -0.2) is 0 Å². The topological polar surface area (TPSA) is 89.5 Å². The van der Waals surface area contributed by atoms with Crippen LogP contribution in [0.15, 0.2) is 18.2 Å². The number of nitro groups is 2. The molecule has 0 spiro atoms. The summed E-state index contributed by atoms with van der Waals surface area (Å²) in [5.74, 6) is 0. The van der Waals surface area contributed by atoms with Gasteiger partial charge in [0.15, 0.2) is 5.69 Å². The van der Waals surface area contributed by atoms with Gasteiger partial charge in [0.05, 0.1) is 9.85 Å². The Bertz CT molecular complexity index is 524. The molecule has 0 amide bonds. The Kier molecular flexibility index (Phi) is 4.26. The number of benzene rings is 1. The van der Waals surface area contributed by atoms with Gasteiger partial charge in [0.1, 0.15) is 0 Å². The van der Waals surface area contributed by atoms with E-state index in [2.05, 4.69) is 0 Å². The molecule has 0 unspecified atom stereocenters. The second kappa shape index (κ2) is 5.31. The molecular formula is C14H21N3O4. The van der Waals surface area contributed by atoms with E-state index in [1.165, 1.54) is 18.2 Å². The molecule has 0 aliphatic rings. The van der Waals surface area contributed by atoms with Crippen molar-refractivity contribution >= 4 is 17.1 Å². The Balaban J connectivity index is 3.79. The fraction of sp³-hybridized carbons (Fsp3) is 0.571. The SMILES string of the molecule is CC(C)(C)N(c1c([N+](=O)[O-])cccc1[N+](=O)[O-])C(C)(C)C. The summed E-state index contributed by atoms with van der Waals surface area (Å²) in [6, 6.07) is 3.93. The van der Waals surface area contributed by atoms with Gasteiger partial charge in [-0.15, -0.1) is 0 Å². The predicted molar refractivity (Wildman–Crippen MR) is 81.7 cm³/mol. The van der Waals surface area contributed by atoms with Crippen LogP contribution in [0.5, 0.6) is 0 Å². The summed E-state index contributed by atoms with van der Waals surface area (Å²) in [5.41, 5.74) is -1.50. The second-order valence-corrected chi connectivity index (χ2v) is 6.84. The number of anilines is 1. The van der Waals surface area contributed by atoms with Crippen LogP contribution in [0, 0.1) is 20.2 Å². The Hall–Kier alpha value is -2.18. The maximum Gasteiger partial charge on any atom is 0.299 e. The zero-order valence-corrected chi connectivity index (χ0v) is 13.2. The summed E-state index contributed by atoms with van der Waals surface area (Å²) in [6.45, 7) is 11.2. The Morgan fingerprint density at radius 3 is 1.43 bits per heavy atom. The van der Waals surface area contributed by atoms with E-state index in [9.17, 15) is 20.2 Å². The lowest BCUT2D eigenvalue weighted by molar-refractivity contribution is -0.392. The van der Waals surface area contributed by atoms with Crippen LogP contribution in [0.1, 0.15) is 41.5 Å². The maximum atomic E-state index is 11.3. The first kappa shape index (κ1) is 16.9. The van der Waals surface area contributed by atoms with Crippen LogP contribution in [0.2, 0.25) is 0 Å². The van der Waals surface area contributed by atoms with Gasteiger partial charge in [-0.3, -0.25) is 20.2 Å². The minimum atomic E-state index is -0.577. The Morgan fingerprint density at radius 1 is 0.857 bits per heavy atom. The second-order valence-electron chi connectivity index (χ2n) is 6.84. The molecule has 0 radical (unpaired) electrons. The maximum absolute atomic E-state index is 11.3. The average Bonchev–Trinajstić information content (AvgIpc) is 2.24. The van der Waals surface area contributed by atoms with Crippen molar-refractivity contribution in [3.8, 4) is 0 Å². The fourth-order valence-electron chi connectivity index (χ4n) is 2.72. The van der Waals surface area contributed by atoms with Crippen LogP contribution in [-0.4, -0.2) is 20.9 Å². The van der Waals surface area contributed by atoms with Crippen molar-refractivity contribution in [2.45, 2.75) is 52.6 Å². The van der Waals surface area contributed by atoms with Gasteiger partial charge < -0.3 is 4.90 Å². The van der Waals surface area contributed by atoms with Crippen LogP contribution < -0.4 is 4.90 Å². The third-order valence-corrected chi connectivity index (χ3v) is 2.95. The Labute approximate surface area is 123 Å². The monoisotopic (exact) mass is 295 g/mol. The highest BCUT2D eigenvalue weighted by molar-refractivity contribution is 5.76. The number of nitrogens with zero attached hydrogens (tertiary/aromatic N) is 3. The molecule has 0 heterocycles. The first-order chi connectivity index (χ1) is 9.37. The molecule has 116 valence electrons. The summed E-state index contributed by atoms with van der Waals surface area (Å²) >= 11 is 0. The lowest BCUT2D eigenvalue weighted by Crippen LogP contribution is -2.53. The number of para-hydroxylation sites is 1. The largest absolute Gasteiger partial charge is 0.351 e. The summed E-state index contributed by atoms with van der Waals surface area (Å²) in [4.78, 5) is 23.2. The van der Waals surface area contributed by atoms with Gasteiger partial charge in [-0.1, -0.05) is 0 Å². The highest BCUT2D eigenvalue weighted by atomic mass is 16.6. The molecular weight excluding hydrogens is 274 g/mol. The van der Waals surface area contributed by atoms with E-state index in [4.69, 9.17) is 0 Å². The molecule has 21 heavy (non-hydrogen) atoms. The molecule has 0 fully saturated rings. The molecule has 0 atom stereocenters. The van der Waals surface area contributed by atoms with Gasteiger partial charge in [-0.05, 0) is 47.6 Å². The van der Waals surface area contributed by atoms with E-state index in [0.29, 0.717) is 0 Å². The number of hydrogen-bond acceptors (Lipinski definition) is 5. The summed E-state index contributed by atoms with van der Waals surface area (Å²) in [6.07, 6.45) is 0. The lowest BCUT2D eigenvalue weighted by atomic mass is 9.94. The highest BCUT2D eigenvalue weighted by Gasteiger charge is 2.40. The summed E-state index contributed by atoms with van der Waals surface area (Å²) in [5, 5.41) is 22.6. The standard InChI is InChI=1S/C14H21N3O4/c1-13(2,3)15(14(4,5)6)12-10(16(18)19)8-7-9-11(12)17(20)21/h7-9H,1-6H3. The van der Waals surface area contributed by atoms with Crippen LogP contribution in [-0.2, 0) is 0 Å². The molecule has 7 heteroatoms. The van der Waals surface area contributed by atoms with Gasteiger partial charge in [0.25, 0.3) is 11.4 Å². The van der Waals surface area contributed by atoms with Gasteiger partial charge >= 0.3 is 0 Å². The van der Waals surface area contributed by atoms with Crippen LogP contribution >= 0.6 is 0 Å². The molecule has 0 aliphatic carbocycles. The lowest BCUT2D eigenvalue weighted by Gasteiger charge is -2.46. The normalized spacial score (nSPS) is 12.1. The van der Waals surface area contributed by atoms with Crippen molar-refractivity contribution in [1.82, 2.24) is 0 Å². The molecule has 0 saturated heterocycles. The van der Waals surface area contributed by atoms with Gasteiger partial charge in [-0.2, -0.15) is 0 Å². The molecule has 1 aromatic carbocycles. The smallest absolute Gasteiger partial charge is 0.299 e. The molecule has 1 aromatic rings. The predicted octanol–water partition coefficient (Wildman–Crippen LogP) is 3.91. The van der Waals surface area contributed by atoms with E-state index in [0.717, 1.165) is 0 Å². The van der Waals surface area contributed by atoms with E-state index in [-0.39, 0.29) is 17.1 Å². The highest BCUT2D eigenvalue weighted by Crippen LogP contribution is 2.43.